The van der Waals surface area contributed by atoms with Crippen LogP contribution >= 0.6 is 22.7 Å². The van der Waals surface area contributed by atoms with E-state index in [-0.39, 0.29) is 12.0 Å². The van der Waals surface area contributed by atoms with E-state index in [1.54, 1.807) is 0 Å². The Hall–Kier alpha value is -7.76. The molecule has 0 saturated carbocycles. The maximum absolute atomic E-state index is 5.97. The van der Waals surface area contributed by atoms with Gasteiger partial charge in [-0.2, -0.15) is 0 Å². The van der Waals surface area contributed by atoms with Gasteiger partial charge < -0.3 is 0 Å². The Labute approximate surface area is 413 Å². The van der Waals surface area contributed by atoms with Gasteiger partial charge in [-0.25, -0.2) is 4.99 Å². The summed E-state index contributed by atoms with van der Waals surface area (Å²) in [4.78, 5) is 11.8. The van der Waals surface area contributed by atoms with Gasteiger partial charge in [0.05, 0.1) is 11.8 Å². The fourth-order valence-electron chi connectivity index (χ4n) is 12.2. The van der Waals surface area contributed by atoms with Gasteiger partial charge in [-0.1, -0.05) is 164 Å². The molecule has 0 saturated heterocycles. The van der Waals surface area contributed by atoms with Crippen LogP contribution in [0.15, 0.2) is 216 Å². The molecular formula is C66H44N2S2. The molecule has 330 valence electrons. The highest BCUT2D eigenvalue weighted by Gasteiger charge is 2.33. The summed E-state index contributed by atoms with van der Waals surface area (Å²) in [6.07, 6.45) is 3.65. The molecular weight excluding hydrogens is 885 g/mol. The van der Waals surface area contributed by atoms with E-state index < -0.39 is 0 Å². The van der Waals surface area contributed by atoms with Gasteiger partial charge in [0.15, 0.2) is 5.84 Å². The van der Waals surface area contributed by atoms with Crippen LogP contribution in [0, 0.1) is 0 Å². The highest BCUT2D eigenvalue weighted by molar-refractivity contribution is 7.26. The Balaban J connectivity index is 1.00. The molecule has 0 radical (unpaired) electrons. The number of hydrogen-bond acceptors (Lipinski definition) is 4. The van der Waals surface area contributed by atoms with E-state index >= 15 is 0 Å². The second-order valence-electron chi connectivity index (χ2n) is 19.3. The van der Waals surface area contributed by atoms with E-state index in [4.69, 9.17) is 9.98 Å². The van der Waals surface area contributed by atoms with E-state index in [9.17, 15) is 0 Å². The zero-order chi connectivity index (χ0) is 45.9. The Morgan fingerprint density at radius 1 is 0.443 bits per heavy atom. The Morgan fingerprint density at radius 3 is 1.83 bits per heavy atom. The van der Waals surface area contributed by atoms with Gasteiger partial charge in [-0.05, 0) is 145 Å². The average Bonchev–Trinajstić information content (AvgIpc) is 3.98. The molecule has 0 spiro atoms. The van der Waals surface area contributed by atoms with Crippen LogP contribution in [0.2, 0.25) is 0 Å². The van der Waals surface area contributed by atoms with Crippen LogP contribution in [-0.4, -0.2) is 11.5 Å². The summed E-state index contributed by atoms with van der Waals surface area (Å²) in [7, 11) is 0. The van der Waals surface area contributed by atoms with Crippen molar-refractivity contribution in [2.24, 2.45) is 9.98 Å². The molecule has 0 bridgehead atoms. The molecule has 0 amide bonds. The number of amidine groups is 1. The maximum Gasteiger partial charge on any atom is 0.156 e. The molecule has 15 rings (SSSR count). The number of thiophene rings is 2. The Morgan fingerprint density at radius 2 is 1.04 bits per heavy atom. The first-order valence-corrected chi connectivity index (χ1v) is 26.3. The van der Waals surface area contributed by atoms with Crippen molar-refractivity contribution in [3.63, 3.8) is 0 Å². The van der Waals surface area contributed by atoms with E-state index in [2.05, 4.69) is 206 Å². The normalized spacial score (nSPS) is 16.2. The number of benzene rings is 11. The first-order chi connectivity index (χ1) is 34.7. The molecule has 2 aliphatic rings. The quantitative estimate of drug-likeness (QED) is 0.168. The standard InChI is InChI=1S/C66H44N2S2/c1-2-16-40-33-45(32-31-39(40)15-1)57-27-14-28-58(68-66(67-57)52-26-13-25-50-47-21-9-11-29-59(47)69-64(50)52)62-49-23-8-7-22-48(49)61(65-63(62)51-24-10-12-30-60(51)70-65)56-38-46-34-41-17-3-4-18-42(41)35-53(46)54-36-43-19-5-6-20-44(43)37-55(54)56/h1-13,15-26,29-37,56-57H,14,27-28,38H2. The van der Waals surface area contributed by atoms with E-state index in [1.807, 2.05) is 22.7 Å². The van der Waals surface area contributed by atoms with Gasteiger partial charge in [0.2, 0.25) is 0 Å². The number of fused-ring (bicyclic) bond motifs is 13. The van der Waals surface area contributed by atoms with Crippen molar-refractivity contribution in [2.45, 2.75) is 37.6 Å². The van der Waals surface area contributed by atoms with Crippen LogP contribution < -0.4 is 0 Å². The van der Waals surface area contributed by atoms with Crippen molar-refractivity contribution >= 4 is 118 Å². The fourth-order valence-corrected chi connectivity index (χ4v) is 14.7. The molecule has 2 aromatic heterocycles. The van der Waals surface area contributed by atoms with Crippen LogP contribution in [0.5, 0.6) is 0 Å². The lowest BCUT2D eigenvalue weighted by atomic mass is 9.72. The third-order valence-electron chi connectivity index (χ3n) is 15.4. The van der Waals surface area contributed by atoms with Crippen molar-refractivity contribution in [3.05, 3.63) is 240 Å². The molecule has 0 N–H and O–H groups in total. The number of nitrogens with zero attached hydrogens (tertiary/aromatic N) is 2. The summed E-state index contributed by atoms with van der Waals surface area (Å²) in [6.45, 7) is 0. The van der Waals surface area contributed by atoms with Gasteiger partial charge in [-0.15, -0.1) is 22.7 Å². The predicted molar refractivity (Wildman–Crippen MR) is 302 cm³/mol. The third-order valence-corrected chi connectivity index (χ3v) is 17.8. The molecule has 1 aliphatic heterocycles. The minimum Gasteiger partial charge on any atom is -0.258 e. The van der Waals surface area contributed by atoms with E-state index in [0.717, 1.165) is 42.8 Å². The Bertz CT molecular complexity index is 4390. The largest absolute Gasteiger partial charge is 0.258 e. The molecule has 11 aromatic carbocycles. The van der Waals surface area contributed by atoms with Gasteiger partial charge in [0.1, 0.15) is 0 Å². The summed E-state index contributed by atoms with van der Waals surface area (Å²) in [6, 6.07) is 77.2. The maximum atomic E-state index is 5.97. The predicted octanol–water partition coefficient (Wildman–Crippen LogP) is 18.6. The summed E-state index contributed by atoms with van der Waals surface area (Å²) in [5.41, 5.74) is 11.7. The highest BCUT2D eigenvalue weighted by atomic mass is 32.1. The number of hydrogen-bond donors (Lipinski definition) is 0. The molecule has 2 nitrogen and oxygen atoms in total. The first-order valence-electron chi connectivity index (χ1n) is 24.6. The van der Waals surface area contributed by atoms with Crippen molar-refractivity contribution in [1.82, 2.24) is 0 Å². The molecule has 70 heavy (non-hydrogen) atoms. The first kappa shape index (κ1) is 40.2. The molecule has 4 heteroatoms. The van der Waals surface area contributed by atoms with Crippen molar-refractivity contribution in [3.8, 4) is 11.1 Å². The molecule has 2 atom stereocenters. The molecule has 0 fully saturated rings. The smallest absolute Gasteiger partial charge is 0.156 e. The Kier molecular flexibility index (Phi) is 9.12. The van der Waals surface area contributed by atoms with Gasteiger partial charge in [0.25, 0.3) is 0 Å². The summed E-state index contributed by atoms with van der Waals surface area (Å²) >= 11 is 3.82. The van der Waals surface area contributed by atoms with Crippen LogP contribution in [0.1, 0.15) is 64.6 Å². The minimum atomic E-state index is -0.0295. The van der Waals surface area contributed by atoms with Crippen molar-refractivity contribution < 1.29 is 0 Å². The summed E-state index contributed by atoms with van der Waals surface area (Å²) in [5.74, 6) is 0.954. The van der Waals surface area contributed by atoms with E-state index in [1.165, 1.54) is 122 Å². The lowest BCUT2D eigenvalue weighted by Crippen LogP contribution is -2.16. The highest BCUT2D eigenvalue weighted by Crippen LogP contribution is 2.52. The second kappa shape index (κ2) is 15.9. The average molecular weight is 929 g/mol. The molecule has 13 aromatic rings. The van der Waals surface area contributed by atoms with Gasteiger partial charge >= 0.3 is 0 Å². The zero-order valence-corrected chi connectivity index (χ0v) is 40.0. The summed E-state index contributed by atoms with van der Waals surface area (Å²) < 4.78 is 5.20. The lowest BCUT2D eigenvalue weighted by molar-refractivity contribution is 0.623. The van der Waals surface area contributed by atoms with Crippen LogP contribution in [0.3, 0.4) is 0 Å². The molecule has 3 heterocycles. The second-order valence-corrected chi connectivity index (χ2v) is 21.4. The topological polar surface area (TPSA) is 24.7 Å². The molecule has 2 unspecified atom stereocenters. The number of aliphatic imine (C=N–C) groups is 2. The van der Waals surface area contributed by atoms with Crippen LogP contribution in [0.25, 0.3) is 94.6 Å². The van der Waals surface area contributed by atoms with Crippen LogP contribution in [0.4, 0.5) is 0 Å². The fraction of sp³-hybridized carbons (Fsp3) is 0.0909. The minimum absolute atomic E-state index is 0.0295. The van der Waals surface area contributed by atoms with Crippen LogP contribution in [-0.2, 0) is 6.42 Å². The summed E-state index contributed by atoms with van der Waals surface area (Å²) in [5, 5.41) is 15.4. The van der Waals surface area contributed by atoms with Crippen molar-refractivity contribution in [1.29, 1.82) is 0 Å². The third kappa shape index (κ3) is 6.30. The van der Waals surface area contributed by atoms with Gasteiger partial charge in [0, 0.05) is 57.4 Å². The van der Waals surface area contributed by atoms with E-state index in [0.29, 0.717) is 0 Å². The van der Waals surface area contributed by atoms with Crippen molar-refractivity contribution in [2.75, 3.05) is 0 Å². The zero-order valence-electron chi connectivity index (χ0n) is 38.3. The molecule has 1 aliphatic carbocycles. The lowest BCUT2D eigenvalue weighted by Gasteiger charge is -2.31. The van der Waals surface area contributed by atoms with Gasteiger partial charge in [-0.3, -0.25) is 4.99 Å². The SMILES string of the molecule is c1ccc2cc(C3CCCC(c4c5ccccc5c(C5Cc6cc7ccccc7cc6-c6cc7ccccc7cc65)c5sc6ccccc6c45)=NC(c4cccc5c4sc4ccccc45)=N3)ccc2c1. The number of rotatable bonds is 4. The monoisotopic (exact) mass is 928 g/mol.